The zero-order chi connectivity index (χ0) is 14.8. The van der Waals surface area contributed by atoms with Gasteiger partial charge in [0.25, 0.3) is 0 Å². The number of aromatic nitrogens is 4. The fraction of sp³-hybridized carbons (Fsp3) is 0.562. The first kappa shape index (κ1) is 14.0. The van der Waals surface area contributed by atoms with Crippen LogP contribution in [-0.2, 0) is 0 Å². The van der Waals surface area contributed by atoms with Crippen LogP contribution in [-0.4, -0.2) is 26.2 Å². The summed E-state index contributed by atoms with van der Waals surface area (Å²) in [6.45, 7) is 6.80. The van der Waals surface area contributed by atoms with Crippen molar-refractivity contribution in [2.45, 2.75) is 46.1 Å². The van der Waals surface area contributed by atoms with E-state index in [2.05, 4.69) is 59.8 Å². The van der Waals surface area contributed by atoms with Crippen LogP contribution in [0.2, 0.25) is 0 Å². The molecule has 0 radical (unpaired) electrons. The molecule has 1 heterocycles. The molecule has 0 saturated heterocycles. The van der Waals surface area contributed by atoms with Crippen LogP contribution in [0.4, 0.5) is 5.69 Å². The molecule has 1 saturated carbocycles. The van der Waals surface area contributed by atoms with Crippen LogP contribution in [0.3, 0.4) is 0 Å². The molecule has 0 spiro atoms. The van der Waals surface area contributed by atoms with Gasteiger partial charge >= 0.3 is 0 Å². The predicted molar refractivity (Wildman–Crippen MR) is 83.5 cm³/mol. The number of hydrogen-bond acceptors (Lipinski definition) is 4. The van der Waals surface area contributed by atoms with Gasteiger partial charge in [-0.25, -0.2) is 4.68 Å². The van der Waals surface area contributed by atoms with Crippen molar-refractivity contribution in [3.05, 3.63) is 30.1 Å². The Kier molecular flexibility index (Phi) is 3.90. The zero-order valence-electron chi connectivity index (χ0n) is 13.0. The highest BCUT2D eigenvalue weighted by molar-refractivity contribution is 5.55. The largest absolute Gasteiger partial charge is 0.382 e. The summed E-state index contributed by atoms with van der Waals surface area (Å²) < 4.78 is 1.71. The van der Waals surface area contributed by atoms with Crippen molar-refractivity contribution >= 4 is 5.69 Å². The monoisotopic (exact) mass is 285 g/mol. The Morgan fingerprint density at radius 1 is 1.19 bits per heavy atom. The first-order valence-corrected chi connectivity index (χ1v) is 7.74. The fourth-order valence-corrected chi connectivity index (χ4v) is 3.13. The van der Waals surface area contributed by atoms with E-state index < -0.39 is 0 Å². The molecule has 1 aromatic heterocycles. The van der Waals surface area contributed by atoms with Gasteiger partial charge in [0.15, 0.2) is 0 Å². The Morgan fingerprint density at radius 3 is 2.76 bits per heavy atom. The van der Waals surface area contributed by atoms with E-state index in [-0.39, 0.29) is 0 Å². The third-order valence-electron chi connectivity index (χ3n) is 4.77. The molecule has 0 amide bonds. The van der Waals surface area contributed by atoms with Crippen molar-refractivity contribution in [2.24, 2.45) is 11.8 Å². The van der Waals surface area contributed by atoms with E-state index in [0.29, 0.717) is 6.04 Å². The van der Waals surface area contributed by atoms with Gasteiger partial charge in [-0.2, -0.15) is 0 Å². The van der Waals surface area contributed by atoms with E-state index in [0.717, 1.165) is 23.2 Å². The van der Waals surface area contributed by atoms with E-state index in [1.54, 1.807) is 11.0 Å². The van der Waals surface area contributed by atoms with Crippen LogP contribution in [0.5, 0.6) is 0 Å². The Morgan fingerprint density at radius 2 is 2.05 bits per heavy atom. The third kappa shape index (κ3) is 3.06. The fourth-order valence-electron chi connectivity index (χ4n) is 3.13. The normalized spacial score (nSPS) is 25.8. The van der Waals surface area contributed by atoms with Crippen LogP contribution in [0, 0.1) is 18.8 Å². The summed E-state index contributed by atoms with van der Waals surface area (Å²) in [5, 5.41) is 15.1. The van der Waals surface area contributed by atoms with E-state index in [9.17, 15) is 0 Å². The number of nitrogens with zero attached hydrogens (tertiary/aromatic N) is 4. The number of nitrogens with one attached hydrogen (secondary N) is 1. The van der Waals surface area contributed by atoms with Crippen LogP contribution >= 0.6 is 0 Å². The molecule has 0 aliphatic heterocycles. The lowest BCUT2D eigenvalue weighted by atomic mass is 9.79. The lowest BCUT2D eigenvalue weighted by molar-refractivity contribution is 0.261. The Bertz CT molecular complexity index is 593. The molecule has 1 fully saturated rings. The van der Waals surface area contributed by atoms with Crippen molar-refractivity contribution in [2.75, 3.05) is 5.32 Å². The molecule has 2 aromatic rings. The Labute approximate surface area is 125 Å². The smallest absolute Gasteiger partial charge is 0.143 e. The minimum absolute atomic E-state index is 0.570. The average Bonchev–Trinajstić information content (AvgIpc) is 2.99. The van der Waals surface area contributed by atoms with Crippen LogP contribution in [0.15, 0.2) is 24.5 Å². The van der Waals surface area contributed by atoms with Crippen molar-refractivity contribution < 1.29 is 0 Å². The molecule has 112 valence electrons. The minimum atomic E-state index is 0.570. The minimum Gasteiger partial charge on any atom is -0.382 e. The van der Waals surface area contributed by atoms with E-state index >= 15 is 0 Å². The quantitative estimate of drug-likeness (QED) is 0.941. The van der Waals surface area contributed by atoms with Gasteiger partial charge in [-0.1, -0.05) is 19.9 Å². The first-order chi connectivity index (χ1) is 10.1. The second-order valence-electron chi connectivity index (χ2n) is 6.36. The van der Waals surface area contributed by atoms with Gasteiger partial charge in [0, 0.05) is 11.7 Å². The topological polar surface area (TPSA) is 55.6 Å². The molecule has 3 unspecified atom stereocenters. The Hall–Kier alpha value is -1.91. The molecule has 0 bridgehead atoms. The molecule has 3 atom stereocenters. The SMILES string of the molecule is Cc1ccc(NC2CCC(C)C(C)C2)cc1-n1cnnn1. The van der Waals surface area contributed by atoms with Crippen LogP contribution in [0.1, 0.15) is 38.7 Å². The highest BCUT2D eigenvalue weighted by Gasteiger charge is 2.24. The van der Waals surface area contributed by atoms with Crippen molar-refractivity contribution in [3.63, 3.8) is 0 Å². The van der Waals surface area contributed by atoms with Gasteiger partial charge in [0.05, 0.1) is 5.69 Å². The summed E-state index contributed by atoms with van der Waals surface area (Å²) >= 11 is 0. The van der Waals surface area contributed by atoms with E-state index in [1.807, 2.05) is 0 Å². The molecule has 3 rings (SSSR count). The highest BCUT2D eigenvalue weighted by atomic mass is 15.5. The number of hydrogen-bond donors (Lipinski definition) is 1. The summed E-state index contributed by atoms with van der Waals surface area (Å²) in [4.78, 5) is 0. The Balaban J connectivity index is 1.76. The molecule has 1 aliphatic rings. The maximum absolute atomic E-state index is 3.99. The summed E-state index contributed by atoms with van der Waals surface area (Å²) in [6, 6.07) is 6.97. The molecule has 21 heavy (non-hydrogen) atoms. The van der Waals surface area contributed by atoms with E-state index in [4.69, 9.17) is 0 Å². The summed E-state index contributed by atoms with van der Waals surface area (Å²) in [5.74, 6) is 1.64. The highest BCUT2D eigenvalue weighted by Crippen LogP contribution is 2.31. The first-order valence-electron chi connectivity index (χ1n) is 7.74. The van der Waals surface area contributed by atoms with Crippen molar-refractivity contribution in [3.8, 4) is 5.69 Å². The summed E-state index contributed by atoms with van der Waals surface area (Å²) in [7, 11) is 0. The lowest BCUT2D eigenvalue weighted by Gasteiger charge is -2.33. The van der Waals surface area contributed by atoms with Gasteiger partial charge in [-0.15, -0.1) is 5.10 Å². The average molecular weight is 285 g/mol. The third-order valence-corrected chi connectivity index (χ3v) is 4.77. The molecule has 5 nitrogen and oxygen atoms in total. The van der Waals surface area contributed by atoms with Crippen molar-refractivity contribution in [1.29, 1.82) is 0 Å². The number of rotatable bonds is 3. The van der Waals surface area contributed by atoms with Gasteiger partial charge in [-0.05, 0) is 66.1 Å². The van der Waals surface area contributed by atoms with E-state index in [1.165, 1.54) is 24.8 Å². The molecule has 5 heteroatoms. The van der Waals surface area contributed by atoms with Gasteiger partial charge in [-0.3, -0.25) is 0 Å². The summed E-state index contributed by atoms with van der Waals surface area (Å²) in [6.07, 6.45) is 5.44. The number of anilines is 1. The number of benzene rings is 1. The second-order valence-corrected chi connectivity index (χ2v) is 6.36. The molecule has 1 N–H and O–H groups in total. The standard InChI is InChI=1S/C16H23N5/c1-11-4-6-14(8-13(11)3)18-15-7-5-12(2)16(9-15)21-10-17-19-20-21/h5,7,9-11,13-14,18H,4,6,8H2,1-3H3. The number of tetrazole rings is 1. The van der Waals surface area contributed by atoms with Crippen LogP contribution in [0.25, 0.3) is 5.69 Å². The van der Waals surface area contributed by atoms with Gasteiger partial charge < -0.3 is 5.32 Å². The zero-order valence-corrected chi connectivity index (χ0v) is 13.0. The van der Waals surface area contributed by atoms with Crippen molar-refractivity contribution in [1.82, 2.24) is 20.2 Å². The lowest BCUT2D eigenvalue weighted by Crippen LogP contribution is -2.30. The molecule has 1 aromatic carbocycles. The number of aryl methyl sites for hydroxylation is 1. The summed E-state index contributed by atoms with van der Waals surface area (Å²) in [5.41, 5.74) is 3.35. The second kappa shape index (κ2) is 5.84. The maximum Gasteiger partial charge on any atom is 0.143 e. The predicted octanol–water partition coefficient (Wildman–Crippen LogP) is 3.21. The van der Waals surface area contributed by atoms with Gasteiger partial charge in [0.2, 0.25) is 0 Å². The van der Waals surface area contributed by atoms with Crippen LogP contribution < -0.4 is 5.32 Å². The molecular weight excluding hydrogens is 262 g/mol. The molecule has 1 aliphatic carbocycles. The maximum atomic E-state index is 3.99. The van der Waals surface area contributed by atoms with Gasteiger partial charge in [0.1, 0.15) is 6.33 Å². The molecular formula is C16H23N5.